The largest absolute Gasteiger partial charge is 0.489 e. The van der Waals surface area contributed by atoms with Crippen LogP contribution in [0.3, 0.4) is 0 Å². The first-order valence-corrected chi connectivity index (χ1v) is 6.38. The van der Waals surface area contributed by atoms with E-state index in [1.54, 1.807) is 0 Å². The van der Waals surface area contributed by atoms with E-state index in [9.17, 15) is 0 Å². The Hall–Kier alpha value is -1.54. The Bertz CT molecular complexity index is 407. The van der Waals surface area contributed by atoms with E-state index < -0.39 is 0 Å². The van der Waals surface area contributed by atoms with Crippen molar-refractivity contribution in [2.24, 2.45) is 0 Å². The molecule has 0 saturated heterocycles. The Morgan fingerprint density at radius 3 is 2.78 bits per heavy atom. The molecule has 0 amide bonds. The minimum absolute atomic E-state index is 0.470. The molecule has 0 spiro atoms. The highest BCUT2D eigenvalue weighted by atomic mass is 16.5. The molecule has 1 aromatic carbocycles. The summed E-state index contributed by atoms with van der Waals surface area (Å²) in [6, 6.07) is 8.50. The summed E-state index contributed by atoms with van der Waals surface area (Å²) in [7, 11) is 0. The summed E-state index contributed by atoms with van der Waals surface area (Å²) < 4.78 is 5.79. The van der Waals surface area contributed by atoms with Crippen LogP contribution in [0.2, 0.25) is 0 Å². The van der Waals surface area contributed by atoms with E-state index in [1.165, 1.54) is 0 Å². The zero-order valence-corrected chi connectivity index (χ0v) is 11.6. The summed E-state index contributed by atoms with van der Waals surface area (Å²) in [5, 5.41) is 3.33. The van der Waals surface area contributed by atoms with Crippen molar-refractivity contribution in [1.29, 1.82) is 0 Å². The van der Waals surface area contributed by atoms with Gasteiger partial charge in [0.2, 0.25) is 0 Å². The van der Waals surface area contributed by atoms with Crippen LogP contribution in [-0.2, 0) is 0 Å². The lowest BCUT2D eigenvalue weighted by Crippen LogP contribution is -2.26. The molecule has 0 atom stereocenters. The van der Waals surface area contributed by atoms with Crippen molar-refractivity contribution in [3.05, 3.63) is 48.1 Å². The molecule has 1 aromatic rings. The number of benzene rings is 1. The Morgan fingerprint density at radius 2 is 2.11 bits per heavy atom. The zero-order chi connectivity index (χ0) is 13.4. The molecule has 2 heteroatoms. The van der Waals surface area contributed by atoms with Crippen molar-refractivity contribution in [3.63, 3.8) is 0 Å². The maximum atomic E-state index is 5.79. The highest BCUT2D eigenvalue weighted by molar-refractivity contribution is 5.56. The second-order valence-electron chi connectivity index (χ2n) is 4.61. The second-order valence-corrected chi connectivity index (χ2v) is 4.61. The number of para-hydroxylation sites is 1. The third-order valence-electron chi connectivity index (χ3n) is 2.46. The van der Waals surface area contributed by atoms with Gasteiger partial charge in [0.05, 0.1) is 0 Å². The molecule has 1 N–H and O–H groups in total. The molecule has 0 aliphatic rings. The van der Waals surface area contributed by atoms with Gasteiger partial charge in [-0.2, -0.15) is 0 Å². The van der Waals surface area contributed by atoms with Gasteiger partial charge in [-0.25, -0.2) is 0 Å². The van der Waals surface area contributed by atoms with Crippen molar-refractivity contribution in [3.8, 4) is 5.75 Å². The molecular formula is C16H23NO. The highest BCUT2D eigenvalue weighted by Crippen LogP contribution is 2.19. The lowest BCUT2D eigenvalue weighted by atomic mass is 10.2. The van der Waals surface area contributed by atoms with E-state index in [0.717, 1.165) is 23.4 Å². The van der Waals surface area contributed by atoms with Gasteiger partial charge in [0, 0.05) is 18.2 Å². The molecule has 0 bridgehead atoms. The van der Waals surface area contributed by atoms with Crippen LogP contribution >= 0.6 is 0 Å². The summed E-state index contributed by atoms with van der Waals surface area (Å²) in [5.74, 6) is 0.904. The number of hydrogen-bond donors (Lipinski definition) is 1. The van der Waals surface area contributed by atoms with Crippen molar-refractivity contribution >= 4 is 6.08 Å². The quantitative estimate of drug-likeness (QED) is 0.740. The Morgan fingerprint density at radius 1 is 1.39 bits per heavy atom. The molecule has 2 nitrogen and oxygen atoms in total. The number of allylic oxidation sites excluding steroid dienone is 1. The molecule has 0 fully saturated rings. The van der Waals surface area contributed by atoms with Gasteiger partial charge in [-0.1, -0.05) is 50.8 Å². The first kappa shape index (κ1) is 14.5. The number of hydrogen-bond acceptors (Lipinski definition) is 2. The van der Waals surface area contributed by atoms with Crippen LogP contribution in [0.25, 0.3) is 6.08 Å². The van der Waals surface area contributed by atoms with Gasteiger partial charge in [-0.05, 0) is 18.6 Å². The van der Waals surface area contributed by atoms with Gasteiger partial charge in [0.25, 0.3) is 0 Å². The summed E-state index contributed by atoms with van der Waals surface area (Å²) >= 11 is 0. The third-order valence-corrected chi connectivity index (χ3v) is 2.46. The molecule has 0 aromatic heterocycles. The van der Waals surface area contributed by atoms with Gasteiger partial charge in [-0.15, -0.1) is 0 Å². The molecule has 1 rings (SSSR count). The van der Waals surface area contributed by atoms with E-state index in [2.05, 4.69) is 25.7 Å². The SMILES string of the molecule is C=C(CNC(C)C)COc1ccccc1/C=C/C. The van der Waals surface area contributed by atoms with E-state index in [4.69, 9.17) is 4.74 Å². The zero-order valence-electron chi connectivity index (χ0n) is 11.6. The number of ether oxygens (including phenoxy) is 1. The van der Waals surface area contributed by atoms with Crippen molar-refractivity contribution in [1.82, 2.24) is 5.32 Å². The summed E-state index contributed by atoms with van der Waals surface area (Å²) in [4.78, 5) is 0. The number of rotatable bonds is 7. The average Bonchev–Trinajstić information content (AvgIpc) is 2.35. The van der Waals surface area contributed by atoms with Crippen LogP contribution in [-0.4, -0.2) is 19.2 Å². The first-order valence-electron chi connectivity index (χ1n) is 6.38. The summed E-state index contributed by atoms with van der Waals surface area (Å²) in [5.41, 5.74) is 2.16. The standard InChI is InChI=1S/C16H23NO/c1-5-8-15-9-6-7-10-16(15)18-12-14(4)11-17-13(2)3/h5-10,13,17H,4,11-12H2,1-3H3/b8-5+. The Labute approximate surface area is 110 Å². The predicted octanol–water partition coefficient (Wildman–Crippen LogP) is 3.65. The van der Waals surface area contributed by atoms with Crippen LogP contribution in [0.1, 0.15) is 26.3 Å². The third kappa shape index (κ3) is 5.19. The van der Waals surface area contributed by atoms with Gasteiger partial charge in [-0.3, -0.25) is 0 Å². The van der Waals surface area contributed by atoms with Crippen molar-refractivity contribution < 1.29 is 4.74 Å². The fourth-order valence-electron chi connectivity index (χ4n) is 1.51. The number of nitrogens with one attached hydrogen (secondary N) is 1. The van der Waals surface area contributed by atoms with E-state index in [1.807, 2.05) is 43.3 Å². The van der Waals surface area contributed by atoms with E-state index >= 15 is 0 Å². The van der Waals surface area contributed by atoms with Crippen LogP contribution in [0.15, 0.2) is 42.5 Å². The fraction of sp³-hybridized carbons (Fsp3) is 0.375. The topological polar surface area (TPSA) is 21.3 Å². The van der Waals surface area contributed by atoms with Crippen LogP contribution in [0.5, 0.6) is 5.75 Å². The monoisotopic (exact) mass is 245 g/mol. The molecule has 0 saturated carbocycles. The van der Waals surface area contributed by atoms with E-state index in [-0.39, 0.29) is 0 Å². The molecular weight excluding hydrogens is 222 g/mol. The molecule has 0 unspecified atom stereocenters. The van der Waals surface area contributed by atoms with Gasteiger partial charge in [0.15, 0.2) is 0 Å². The molecule has 0 heterocycles. The van der Waals surface area contributed by atoms with Gasteiger partial charge >= 0.3 is 0 Å². The molecule has 0 radical (unpaired) electrons. The highest BCUT2D eigenvalue weighted by Gasteiger charge is 2.01. The Kier molecular flexibility index (Phi) is 6.23. The normalized spacial score (nSPS) is 11.1. The summed E-state index contributed by atoms with van der Waals surface area (Å²) in [6.45, 7) is 11.6. The molecule has 0 aliphatic carbocycles. The smallest absolute Gasteiger partial charge is 0.126 e. The average molecular weight is 245 g/mol. The van der Waals surface area contributed by atoms with Crippen LogP contribution in [0, 0.1) is 0 Å². The maximum absolute atomic E-state index is 5.79. The van der Waals surface area contributed by atoms with E-state index in [0.29, 0.717) is 12.6 Å². The van der Waals surface area contributed by atoms with Crippen molar-refractivity contribution in [2.75, 3.05) is 13.2 Å². The van der Waals surface area contributed by atoms with Crippen LogP contribution < -0.4 is 10.1 Å². The molecule has 18 heavy (non-hydrogen) atoms. The van der Waals surface area contributed by atoms with Gasteiger partial charge in [0.1, 0.15) is 12.4 Å². The predicted molar refractivity (Wildman–Crippen MR) is 78.9 cm³/mol. The van der Waals surface area contributed by atoms with Gasteiger partial charge < -0.3 is 10.1 Å². The lowest BCUT2D eigenvalue weighted by molar-refractivity contribution is 0.346. The lowest BCUT2D eigenvalue weighted by Gasteiger charge is -2.13. The Balaban J connectivity index is 2.50. The van der Waals surface area contributed by atoms with Crippen LogP contribution in [0.4, 0.5) is 0 Å². The molecule has 98 valence electrons. The fourth-order valence-corrected chi connectivity index (χ4v) is 1.51. The molecule has 0 aliphatic heterocycles. The van der Waals surface area contributed by atoms with Crippen molar-refractivity contribution in [2.45, 2.75) is 26.8 Å². The second kappa shape index (κ2) is 7.72. The maximum Gasteiger partial charge on any atom is 0.126 e. The minimum Gasteiger partial charge on any atom is -0.489 e. The summed E-state index contributed by atoms with van der Waals surface area (Å²) in [6.07, 6.45) is 4.06. The minimum atomic E-state index is 0.470. The first-order chi connectivity index (χ1) is 8.63.